The molecular formula is C23H24F4O2. The SMILES string of the molecule is COc1ccc(C2CCC3C(c4ccc(C(C)O)c(F)c4F)CCC23)c(F)c1F. The number of benzene rings is 2. The highest BCUT2D eigenvalue weighted by Crippen LogP contribution is 2.58. The molecule has 2 aliphatic rings. The van der Waals surface area contributed by atoms with Crippen LogP contribution in [0, 0.1) is 35.1 Å². The van der Waals surface area contributed by atoms with Gasteiger partial charge < -0.3 is 9.84 Å². The molecule has 4 rings (SSSR count). The van der Waals surface area contributed by atoms with Crippen molar-refractivity contribution in [1.29, 1.82) is 0 Å². The normalized spacial score (nSPS) is 27.1. The Hall–Kier alpha value is -2.08. The molecule has 0 bridgehead atoms. The number of ether oxygens (including phenoxy) is 1. The van der Waals surface area contributed by atoms with E-state index in [4.69, 9.17) is 4.74 Å². The second-order valence-electron chi connectivity index (χ2n) is 8.23. The van der Waals surface area contributed by atoms with Crippen LogP contribution >= 0.6 is 0 Å². The molecule has 6 heteroatoms. The predicted molar refractivity (Wildman–Crippen MR) is 101 cm³/mol. The Balaban J connectivity index is 1.62. The van der Waals surface area contributed by atoms with Crippen LogP contribution in [-0.2, 0) is 0 Å². The van der Waals surface area contributed by atoms with Crippen molar-refractivity contribution in [3.63, 3.8) is 0 Å². The minimum absolute atomic E-state index is 0.0547. The fourth-order valence-corrected chi connectivity index (χ4v) is 5.55. The summed E-state index contributed by atoms with van der Waals surface area (Å²) < 4.78 is 62.8. The average Bonchev–Trinajstić information content (AvgIpc) is 3.28. The molecule has 0 amide bonds. The highest BCUT2D eigenvalue weighted by molar-refractivity contribution is 5.36. The van der Waals surface area contributed by atoms with E-state index in [0.717, 1.165) is 12.8 Å². The molecule has 1 N–H and O–H groups in total. The van der Waals surface area contributed by atoms with Gasteiger partial charge in [0, 0.05) is 5.56 Å². The van der Waals surface area contributed by atoms with Gasteiger partial charge in [0.2, 0.25) is 5.82 Å². The Morgan fingerprint density at radius 3 is 1.83 bits per heavy atom. The van der Waals surface area contributed by atoms with Crippen LogP contribution in [0.15, 0.2) is 24.3 Å². The highest BCUT2D eigenvalue weighted by atomic mass is 19.2. The summed E-state index contributed by atoms with van der Waals surface area (Å²) in [5.74, 6) is -4.00. The van der Waals surface area contributed by atoms with Crippen molar-refractivity contribution in [2.24, 2.45) is 11.8 Å². The molecule has 2 aromatic rings. The number of fused-ring (bicyclic) bond motifs is 1. The van der Waals surface area contributed by atoms with E-state index in [-0.39, 0.29) is 35.0 Å². The molecule has 0 spiro atoms. The fourth-order valence-electron chi connectivity index (χ4n) is 5.55. The summed E-state index contributed by atoms with van der Waals surface area (Å²) in [4.78, 5) is 0. The molecule has 0 aromatic heterocycles. The van der Waals surface area contributed by atoms with Crippen LogP contribution in [0.4, 0.5) is 17.6 Å². The summed E-state index contributed by atoms with van der Waals surface area (Å²) >= 11 is 0. The molecule has 0 aliphatic heterocycles. The molecular weight excluding hydrogens is 384 g/mol. The quantitative estimate of drug-likeness (QED) is 0.630. The van der Waals surface area contributed by atoms with E-state index in [0.29, 0.717) is 24.0 Å². The van der Waals surface area contributed by atoms with E-state index in [2.05, 4.69) is 0 Å². The number of aliphatic hydroxyl groups excluding tert-OH is 1. The average molecular weight is 408 g/mol. The van der Waals surface area contributed by atoms with Gasteiger partial charge in [-0.15, -0.1) is 0 Å². The summed E-state index contributed by atoms with van der Waals surface area (Å²) in [5.41, 5.74) is 0.606. The summed E-state index contributed by atoms with van der Waals surface area (Å²) in [6.07, 6.45) is 1.79. The van der Waals surface area contributed by atoms with Crippen LogP contribution in [0.25, 0.3) is 0 Å². The molecule has 156 valence electrons. The van der Waals surface area contributed by atoms with E-state index in [9.17, 15) is 22.7 Å². The van der Waals surface area contributed by atoms with E-state index in [1.807, 2.05) is 0 Å². The first kappa shape index (κ1) is 20.2. The van der Waals surface area contributed by atoms with Crippen molar-refractivity contribution in [3.8, 4) is 5.75 Å². The zero-order valence-electron chi connectivity index (χ0n) is 16.4. The first-order chi connectivity index (χ1) is 13.8. The molecule has 2 aromatic carbocycles. The van der Waals surface area contributed by atoms with Crippen molar-refractivity contribution in [1.82, 2.24) is 0 Å². The lowest BCUT2D eigenvalue weighted by atomic mass is 9.82. The minimum atomic E-state index is -1.08. The Morgan fingerprint density at radius 1 is 0.793 bits per heavy atom. The van der Waals surface area contributed by atoms with Gasteiger partial charge in [-0.1, -0.05) is 18.2 Å². The predicted octanol–water partition coefficient (Wildman–Crippen LogP) is 5.99. The standard InChI is InChI=1S/C23H24F4O2/c1-11(28)12-3-8-17(21(25)20(12)24)15-6-4-14-13(15)5-7-16(14)18-9-10-19(29-2)23(27)22(18)26/h3,8-11,13-16,28H,4-7H2,1-2H3. The third-order valence-electron chi connectivity index (χ3n) is 6.89. The maximum Gasteiger partial charge on any atom is 0.200 e. The Labute approximate surface area is 167 Å². The van der Waals surface area contributed by atoms with Gasteiger partial charge in [0.15, 0.2) is 23.2 Å². The van der Waals surface area contributed by atoms with E-state index >= 15 is 0 Å². The van der Waals surface area contributed by atoms with Crippen LogP contribution in [0.3, 0.4) is 0 Å². The molecule has 2 saturated carbocycles. The van der Waals surface area contributed by atoms with Gasteiger partial charge in [0.05, 0.1) is 13.2 Å². The molecule has 0 heterocycles. The number of hydrogen-bond donors (Lipinski definition) is 1. The molecule has 0 radical (unpaired) electrons. The number of hydrogen-bond acceptors (Lipinski definition) is 2. The van der Waals surface area contributed by atoms with Crippen LogP contribution in [-0.4, -0.2) is 12.2 Å². The van der Waals surface area contributed by atoms with Gasteiger partial charge >= 0.3 is 0 Å². The smallest absolute Gasteiger partial charge is 0.200 e. The number of methoxy groups -OCH3 is 1. The largest absolute Gasteiger partial charge is 0.494 e. The third-order valence-corrected chi connectivity index (χ3v) is 6.89. The Bertz CT molecular complexity index is 928. The molecule has 2 nitrogen and oxygen atoms in total. The fraction of sp³-hybridized carbons (Fsp3) is 0.478. The second kappa shape index (κ2) is 7.63. The van der Waals surface area contributed by atoms with Gasteiger partial charge in [0.25, 0.3) is 0 Å². The monoisotopic (exact) mass is 408 g/mol. The number of rotatable bonds is 4. The molecule has 5 unspecified atom stereocenters. The molecule has 5 atom stereocenters. The van der Waals surface area contributed by atoms with Crippen LogP contribution < -0.4 is 4.74 Å². The van der Waals surface area contributed by atoms with Gasteiger partial charge in [-0.3, -0.25) is 0 Å². The molecule has 29 heavy (non-hydrogen) atoms. The number of halogens is 4. The summed E-state index contributed by atoms with van der Waals surface area (Å²) in [5, 5.41) is 9.60. The van der Waals surface area contributed by atoms with Crippen LogP contribution in [0.2, 0.25) is 0 Å². The maximum atomic E-state index is 14.7. The lowest BCUT2D eigenvalue weighted by Crippen LogP contribution is -2.14. The van der Waals surface area contributed by atoms with Gasteiger partial charge in [-0.05, 0) is 73.5 Å². The number of aliphatic hydroxyl groups is 1. The lowest BCUT2D eigenvalue weighted by Gasteiger charge is -2.23. The lowest BCUT2D eigenvalue weighted by molar-refractivity contribution is 0.192. The first-order valence-corrected chi connectivity index (χ1v) is 10.0. The van der Waals surface area contributed by atoms with Gasteiger partial charge in [-0.25, -0.2) is 13.2 Å². The van der Waals surface area contributed by atoms with E-state index < -0.39 is 29.4 Å². The summed E-state index contributed by atoms with van der Waals surface area (Å²) in [7, 11) is 1.29. The third kappa shape index (κ3) is 3.21. The first-order valence-electron chi connectivity index (χ1n) is 10.0. The summed E-state index contributed by atoms with van der Waals surface area (Å²) in [6.45, 7) is 1.40. The van der Waals surface area contributed by atoms with Gasteiger partial charge in [0.1, 0.15) is 0 Å². The zero-order valence-corrected chi connectivity index (χ0v) is 16.4. The van der Waals surface area contributed by atoms with E-state index in [1.54, 1.807) is 12.1 Å². The van der Waals surface area contributed by atoms with Crippen molar-refractivity contribution < 1.29 is 27.4 Å². The van der Waals surface area contributed by atoms with Crippen molar-refractivity contribution in [3.05, 3.63) is 64.2 Å². The van der Waals surface area contributed by atoms with Gasteiger partial charge in [-0.2, -0.15) is 4.39 Å². The van der Waals surface area contributed by atoms with Crippen molar-refractivity contribution in [2.45, 2.75) is 50.5 Å². The summed E-state index contributed by atoms with van der Waals surface area (Å²) in [6, 6.07) is 6.03. The maximum absolute atomic E-state index is 14.7. The van der Waals surface area contributed by atoms with E-state index in [1.165, 1.54) is 26.2 Å². The van der Waals surface area contributed by atoms with Crippen LogP contribution in [0.1, 0.15) is 67.2 Å². The minimum Gasteiger partial charge on any atom is -0.494 e. The zero-order chi connectivity index (χ0) is 20.9. The molecule has 0 saturated heterocycles. The highest BCUT2D eigenvalue weighted by Gasteiger charge is 2.47. The molecule has 2 aliphatic carbocycles. The Morgan fingerprint density at radius 2 is 1.31 bits per heavy atom. The van der Waals surface area contributed by atoms with Crippen LogP contribution in [0.5, 0.6) is 5.75 Å². The molecule has 2 fully saturated rings. The van der Waals surface area contributed by atoms with Crippen molar-refractivity contribution in [2.75, 3.05) is 7.11 Å². The Kier molecular flexibility index (Phi) is 5.32. The second-order valence-corrected chi connectivity index (χ2v) is 8.23. The topological polar surface area (TPSA) is 29.5 Å². The van der Waals surface area contributed by atoms with Crippen molar-refractivity contribution >= 4 is 0 Å².